The molecule has 1 aromatic heterocycles. The minimum atomic E-state index is -4.42. The molecule has 2 aromatic rings. The highest BCUT2D eigenvalue weighted by molar-refractivity contribution is 7.86. The third-order valence-electron chi connectivity index (χ3n) is 2.34. The maximum absolute atomic E-state index is 12.9. The highest BCUT2D eigenvalue weighted by Crippen LogP contribution is 2.25. The number of nitrogen functional groups attached to an aromatic ring is 1. The lowest BCUT2D eigenvalue weighted by molar-refractivity contribution is 0.483. The van der Waals surface area contributed by atoms with Gasteiger partial charge in [-0.3, -0.25) is 4.55 Å². The van der Waals surface area contributed by atoms with Gasteiger partial charge < -0.3 is 11.1 Å². The van der Waals surface area contributed by atoms with Gasteiger partial charge in [-0.2, -0.15) is 22.2 Å². The van der Waals surface area contributed by atoms with E-state index in [2.05, 4.69) is 10.3 Å². The van der Waals surface area contributed by atoms with E-state index in [1.54, 1.807) is 0 Å². The third kappa shape index (κ3) is 3.19. The summed E-state index contributed by atoms with van der Waals surface area (Å²) < 4.78 is 56.6. The van der Waals surface area contributed by atoms with E-state index >= 15 is 0 Å². The average molecular weight is 301 g/mol. The van der Waals surface area contributed by atoms with E-state index in [1.165, 1.54) is 12.1 Å². The Labute approximate surface area is 113 Å². The van der Waals surface area contributed by atoms with Gasteiger partial charge >= 0.3 is 0 Å². The number of nitrogens with two attached hydrogens (primary N) is 1. The molecule has 0 unspecified atom stereocenters. The molecule has 0 saturated carbocycles. The molecule has 0 bridgehead atoms. The molecule has 0 atom stereocenters. The molecule has 0 aliphatic carbocycles. The molecule has 0 saturated heterocycles. The average Bonchev–Trinajstić information content (AvgIpc) is 2.25. The Kier molecular flexibility index (Phi) is 3.55. The molecule has 0 aliphatic heterocycles. The van der Waals surface area contributed by atoms with E-state index in [0.717, 1.165) is 18.2 Å². The molecule has 0 radical (unpaired) electrons. The van der Waals surface area contributed by atoms with Crippen LogP contribution in [0.1, 0.15) is 0 Å². The standard InChI is InChI=1S/C11H9F2N3O3S/c12-10-4-7(5-11(13)16-10)15-6-1-2-9(8(14)3-6)20(17,18)19/h1-5H,14H2,(H,15,16)(H,17,18,19). The van der Waals surface area contributed by atoms with E-state index in [-0.39, 0.29) is 11.4 Å². The third-order valence-corrected chi connectivity index (χ3v) is 3.27. The Morgan fingerprint density at radius 2 is 1.70 bits per heavy atom. The largest absolute Gasteiger partial charge is 0.398 e. The molecular formula is C11H9F2N3O3S. The summed E-state index contributed by atoms with van der Waals surface area (Å²) in [5, 5.41) is 2.63. The van der Waals surface area contributed by atoms with Crippen molar-refractivity contribution in [3.63, 3.8) is 0 Å². The quantitative estimate of drug-likeness (QED) is 0.454. The molecule has 0 amide bonds. The first kappa shape index (κ1) is 14.2. The fourth-order valence-corrected chi connectivity index (χ4v) is 2.16. The summed E-state index contributed by atoms with van der Waals surface area (Å²) in [4.78, 5) is 2.48. The number of benzene rings is 1. The van der Waals surface area contributed by atoms with Crippen LogP contribution < -0.4 is 11.1 Å². The van der Waals surface area contributed by atoms with E-state index in [4.69, 9.17) is 10.3 Å². The van der Waals surface area contributed by atoms with Gasteiger partial charge in [0, 0.05) is 23.5 Å². The predicted octanol–water partition coefficient (Wildman–Crippen LogP) is 1.93. The molecule has 0 spiro atoms. The number of nitrogens with one attached hydrogen (secondary N) is 1. The number of rotatable bonds is 3. The SMILES string of the molecule is Nc1cc(Nc2cc(F)nc(F)c2)ccc1S(=O)(=O)O. The van der Waals surface area contributed by atoms with Crippen molar-refractivity contribution < 1.29 is 21.8 Å². The van der Waals surface area contributed by atoms with Gasteiger partial charge in [0.2, 0.25) is 11.9 Å². The summed E-state index contributed by atoms with van der Waals surface area (Å²) in [6.45, 7) is 0. The number of aromatic nitrogens is 1. The maximum atomic E-state index is 12.9. The highest BCUT2D eigenvalue weighted by Gasteiger charge is 2.14. The Morgan fingerprint density at radius 3 is 2.20 bits per heavy atom. The molecular weight excluding hydrogens is 292 g/mol. The first-order chi connectivity index (χ1) is 9.25. The fourth-order valence-electron chi connectivity index (χ4n) is 1.56. The summed E-state index contributed by atoms with van der Waals surface area (Å²) in [7, 11) is -4.42. The molecule has 0 fully saturated rings. The van der Waals surface area contributed by atoms with Gasteiger partial charge in [-0.1, -0.05) is 0 Å². The fraction of sp³-hybridized carbons (Fsp3) is 0. The molecule has 20 heavy (non-hydrogen) atoms. The lowest BCUT2D eigenvalue weighted by Crippen LogP contribution is -2.04. The smallest absolute Gasteiger partial charge is 0.296 e. The van der Waals surface area contributed by atoms with E-state index in [9.17, 15) is 17.2 Å². The lowest BCUT2D eigenvalue weighted by atomic mass is 10.2. The predicted molar refractivity (Wildman–Crippen MR) is 68.1 cm³/mol. The van der Waals surface area contributed by atoms with Crippen molar-refractivity contribution in [2.24, 2.45) is 0 Å². The van der Waals surface area contributed by atoms with Crippen molar-refractivity contribution in [2.45, 2.75) is 4.90 Å². The van der Waals surface area contributed by atoms with E-state index < -0.39 is 26.9 Å². The van der Waals surface area contributed by atoms with Gasteiger partial charge in [0.25, 0.3) is 10.1 Å². The van der Waals surface area contributed by atoms with Gasteiger partial charge in [0.15, 0.2) is 0 Å². The van der Waals surface area contributed by atoms with Crippen LogP contribution >= 0.6 is 0 Å². The maximum Gasteiger partial charge on any atom is 0.296 e. The van der Waals surface area contributed by atoms with Crippen LogP contribution in [-0.4, -0.2) is 18.0 Å². The molecule has 1 aromatic carbocycles. The Hall–Kier alpha value is -2.26. The molecule has 4 N–H and O–H groups in total. The zero-order valence-electron chi connectivity index (χ0n) is 9.84. The first-order valence-electron chi connectivity index (χ1n) is 5.23. The number of anilines is 3. The number of pyridine rings is 1. The summed E-state index contributed by atoms with van der Waals surface area (Å²) in [5.74, 6) is -2.01. The zero-order valence-corrected chi connectivity index (χ0v) is 10.7. The zero-order chi connectivity index (χ0) is 14.9. The Morgan fingerprint density at radius 1 is 1.10 bits per heavy atom. The van der Waals surface area contributed by atoms with Crippen molar-refractivity contribution in [2.75, 3.05) is 11.1 Å². The summed E-state index contributed by atoms with van der Waals surface area (Å²) in [6.07, 6.45) is 0. The van der Waals surface area contributed by atoms with Crippen LogP contribution in [0.2, 0.25) is 0 Å². The highest BCUT2D eigenvalue weighted by atomic mass is 32.2. The lowest BCUT2D eigenvalue weighted by Gasteiger charge is -2.09. The van der Waals surface area contributed by atoms with Crippen LogP contribution in [0.5, 0.6) is 0 Å². The van der Waals surface area contributed by atoms with Crippen LogP contribution in [0.4, 0.5) is 25.8 Å². The van der Waals surface area contributed by atoms with Crippen molar-refractivity contribution in [3.05, 3.63) is 42.2 Å². The summed E-state index contributed by atoms with van der Waals surface area (Å²) in [5.41, 5.74) is 5.65. The van der Waals surface area contributed by atoms with E-state index in [0.29, 0.717) is 5.69 Å². The first-order valence-corrected chi connectivity index (χ1v) is 6.67. The van der Waals surface area contributed by atoms with Crippen LogP contribution in [0.3, 0.4) is 0 Å². The van der Waals surface area contributed by atoms with Gasteiger partial charge in [0.1, 0.15) is 4.90 Å². The second-order valence-corrected chi connectivity index (χ2v) is 5.24. The van der Waals surface area contributed by atoms with Crippen molar-refractivity contribution >= 4 is 27.2 Å². The number of halogens is 2. The Bertz CT molecular complexity index is 745. The minimum Gasteiger partial charge on any atom is -0.398 e. The molecule has 6 nitrogen and oxygen atoms in total. The van der Waals surface area contributed by atoms with Crippen LogP contribution in [-0.2, 0) is 10.1 Å². The van der Waals surface area contributed by atoms with Gasteiger partial charge in [-0.05, 0) is 18.2 Å². The van der Waals surface area contributed by atoms with Crippen LogP contribution in [0.25, 0.3) is 0 Å². The van der Waals surface area contributed by atoms with Gasteiger partial charge in [-0.15, -0.1) is 0 Å². The number of nitrogens with zero attached hydrogens (tertiary/aromatic N) is 1. The monoisotopic (exact) mass is 301 g/mol. The Balaban J connectivity index is 2.33. The number of hydrogen-bond acceptors (Lipinski definition) is 5. The van der Waals surface area contributed by atoms with E-state index in [1.807, 2.05) is 0 Å². The topological polar surface area (TPSA) is 105 Å². The second kappa shape index (κ2) is 5.02. The molecule has 1 heterocycles. The van der Waals surface area contributed by atoms with Crippen molar-refractivity contribution in [3.8, 4) is 0 Å². The second-order valence-electron chi connectivity index (χ2n) is 3.85. The van der Waals surface area contributed by atoms with Crippen molar-refractivity contribution in [1.29, 1.82) is 0 Å². The van der Waals surface area contributed by atoms with Crippen LogP contribution in [0, 0.1) is 11.9 Å². The minimum absolute atomic E-state index is 0.0778. The molecule has 2 rings (SSSR count). The summed E-state index contributed by atoms with van der Waals surface area (Å²) >= 11 is 0. The van der Waals surface area contributed by atoms with Crippen LogP contribution in [0.15, 0.2) is 35.2 Å². The number of hydrogen-bond donors (Lipinski definition) is 3. The molecule has 0 aliphatic rings. The molecule has 106 valence electrons. The molecule has 9 heteroatoms. The normalized spacial score (nSPS) is 11.3. The van der Waals surface area contributed by atoms with Crippen molar-refractivity contribution in [1.82, 2.24) is 4.98 Å². The van der Waals surface area contributed by atoms with Gasteiger partial charge in [-0.25, -0.2) is 0 Å². The van der Waals surface area contributed by atoms with Gasteiger partial charge in [0.05, 0.1) is 5.69 Å². The summed E-state index contributed by atoms with van der Waals surface area (Å²) in [6, 6.07) is 5.47.